The number of methoxy groups -OCH3 is 1. The molecule has 1 unspecified atom stereocenters. The summed E-state index contributed by atoms with van der Waals surface area (Å²) in [6.07, 6.45) is 0.238. The first-order valence-corrected chi connectivity index (χ1v) is 8.47. The average molecular weight is 342 g/mol. The Morgan fingerprint density at radius 2 is 1.56 bits per heavy atom. The van der Waals surface area contributed by atoms with E-state index in [1.165, 1.54) is 7.11 Å². The Bertz CT molecular complexity index is 687. The average Bonchev–Trinajstić information content (AvgIpc) is 2.66. The Hall–Kier alpha value is -2.17. The van der Waals surface area contributed by atoms with E-state index >= 15 is 0 Å². The van der Waals surface area contributed by atoms with Crippen LogP contribution in [0.15, 0.2) is 48.5 Å². The number of carbonyl (C=O) groups excluding carboxylic acids is 1. The molecule has 4 heteroatoms. The second-order valence-electron chi connectivity index (χ2n) is 6.63. The number of hydrogen-bond acceptors (Lipinski definition) is 4. The van der Waals surface area contributed by atoms with Gasteiger partial charge in [-0.2, -0.15) is 0 Å². The normalized spacial score (nSPS) is 12.7. The highest BCUT2D eigenvalue weighted by Gasteiger charge is 2.18. The fourth-order valence-corrected chi connectivity index (χ4v) is 2.32. The van der Waals surface area contributed by atoms with E-state index in [-0.39, 0.29) is 18.2 Å². The summed E-state index contributed by atoms with van der Waals surface area (Å²) in [6.45, 7) is 6.36. The number of carbonyl (C=O) groups is 1. The lowest BCUT2D eigenvalue weighted by molar-refractivity contribution is -0.0618. The lowest BCUT2D eigenvalue weighted by Gasteiger charge is -2.25. The second kappa shape index (κ2) is 8.28. The summed E-state index contributed by atoms with van der Waals surface area (Å²) in [5, 5.41) is 10.3. The van der Waals surface area contributed by atoms with Crippen LogP contribution in [0.5, 0.6) is 0 Å². The van der Waals surface area contributed by atoms with Crippen molar-refractivity contribution in [2.45, 2.75) is 38.9 Å². The summed E-state index contributed by atoms with van der Waals surface area (Å²) >= 11 is 0. The van der Waals surface area contributed by atoms with Crippen LogP contribution in [0.2, 0.25) is 0 Å². The predicted molar refractivity (Wildman–Crippen MR) is 98.5 cm³/mol. The van der Waals surface area contributed by atoms with Crippen LogP contribution in [0.25, 0.3) is 11.1 Å². The van der Waals surface area contributed by atoms with E-state index in [9.17, 15) is 9.90 Å². The first kappa shape index (κ1) is 19.2. The smallest absolute Gasteiger partial charge is 0.337 e. The maximum atomic E-state index is 11.5. The topological polar surface area (TPSA) is 55.8 Å². The second-order valence-corrected chi connectivity index (χ2v) is 6.63. The molecule has 0 aliphatic heterocycles. The number of rotatable bonds is 7. The number of ether oxygens (including phenoxy) is 2. The predicted octanol–water partition coefficient (Wildman–Crippen LogP) is 4.38. The van der Waals surface area contributed by atoms with Crippen molar-refractivity contribution < 1.29 is 19.4 Å². The molecule has 0 heterocycles. The molecule has 0 bridgehead atoms. The number of esters is 1. The Morgan fingerprint density at radius 3 is 2.04 bits per heavy atom. The van der Waals surface area contributed by atoms with Gasteiger partial charge in [-0.05, 0) is 49.1 Å². The number of aliphatic hydroxyl groups is 1. The third-order valence-electron chi connectivity index (χ3n) is 4.42. The number of hydrogen-bond donors (Lipinski definition) is 1. The molecule has 0 amide bonds. The maximum absolute atomic E-state index is 11.5. The van der Waals surface area contributed by atoms with Crippen molar-refractivity contribution >= 4 is 5.97 Å². The van der Waals surface area contributed by atoms with Gasteiger partial charge in [0.05, 0.1) is 24.9 Å². The van der Waals surface area contributed by atoms with Crippen LogP contribution in [0.3, 0.4) is 0 Å². The largest absolute Gasteiger partial charge is 0.465 e. The molecule has 2 aromatic rings. The van der Waals surface area contributed by atoms with Gasteiger partial charge in [0.2, 0.25) is 0 Å². The highest BCUT2D eigenvalue weighted by Crippen LogP contribution is 2.24. The maximum Gasteiger partial charge on any atom is 0.337 e. The van der Waals surface area contributed by atoms with Crippen LogP contribution in [-0.4, -0.2) is 30.4 Å². The molecule has 0 spiro atoms. The molecule has 134 valence electrons. The fourth-order valence-electron chi connectivity index (χ4n) is 2.32. The molecule has 0 radical (unpaired) electrons. The molecule has 0 fully saturated rings. The van der Waals surface area contributed by atoms with Crippen LogP contribution in [0.4, 0.5) is 0 Å². The minimum absolute atomic E-state index is 0.234. The number of benzene rings is 2. The lowest BCUT2D eigenvalue weighted by atomic mass is 10.0. The van der Waals surface area contributed by atoms with E-state index in [2.05, 4.69) is 6.92 Å². The zero-order valence-electron chi connectivity index (χ0n) is 15.3. The molecule has 4 nitrogen and oxygen atoms in total. The molecule has 0 aromatic heterocycles. The van der Waals surface area contributed by atoms with E-state index in [0.29, 0.717) is 5.56 Å². The standard InChI is InChI=1S/C21H26O4/c1-5-21(2,3)25-14-19(22)17-10-6-15(7-11-17)16-8-12-18(13-9-16)20(23)24-4/h6-13,19,22H,5,14H2,1-4H3. The van der Waals surface area contributed by atoms with Gasteiger partial charge in [0.15, 0.2) is 0 Å². The summed E-state index contributed by atoms with van der Waals surface area (Å²) in [5.74, 6) is -0.347. The van der Waals surface area contributed by atoms with Crippen molar-refractivity contribution in [2.24, 2.45) is 0 Å². The van der Waals surface area contributed by atoms with Crippen LogP contribution in [0, 0.1) is 0 Å². The first-order chi connectivity index (χ1) is 11.9. The highest BCUT2D eigenvalue weighted by atomic mass is 16.5. The summed E-state index contributed by atoms with van der Waals surface area (Å²) in [6, 6.07) is 14.9. The van der Waals surface area contributed by atoms with E-state index in [1.807, 2.05) is 50.2 Å². The van der Waals surface area contributed by atoms with E-state index in [4.69, 9.17) is 9.47 Å². The zero-order chi connectivity index (χ0) is 18.4. The summed E-state index contributed by atoms with van der Waals surface area (Å²) < 4.78 is 10.5. The van der Waals surface area contributed by atoms with Crippen LogP contribution in [-0.2, 0) is 9.47 Å². The van der Waals surface area contributed by atoms with Crippen molar-refractivity contribution in [3.63, 3.8) is 0 Å². The van der Waals surface area contributed by atoms with Gasteiger partial charge in [-0.15, -0.1) is 0 Å². The molecular formula is C21H26O4. The molecule has 1 atom stereocenters. The summed E-state index contributed by atoms with van der Waals surface area (Å²) in [5.41, 5.74) is 3.12. The van der Waals surface area contributed by atoms with Gasteiger partial charge in [-0.1, -0.05) is 43.3 Å². The Kier molecular flexibility index (Phi) is 6.34. The van der Waals surface area contributed by atoms with Crippen LogP contribution < -0.4 is 0 Å². The van der Waals surface area contributed by atoms with Gasteiger partial charge in [0, 0.05) is 0 Å². The molecule has 2 aromatic carbocycles. The Balaban J connectivity index is 2.05. The minimum Gasteiger partial charge on any atom is -0.465 e. The van der Waals surface area contributed by atoms with Gasteiger partial charge in [-0.25, -0.2) is 4.79 Å². The highest BCUT2D eigenvalue weighted by molar-refractivity contribution is 5.89. The molecule has 0 saturated heterocycles. The third kappa shape index (κ3) is 5.15. The SMILES string of the molecule is CCC(C)(C)OCC(O)c1ccc(-c2ccc(C(=O)OC)cc2)cc1. The minimum atomic E-state index is -0.651. The van der Waals surface area contributed by atoms with E-state index < -0.39 is 6.10 Å². The third-order valence-corrected chi connectivity index (χ3v) is 4.42. The Morgan fingerprint density at radius 1 is 1.04 bits per heavy atom. The quantitative estimate of drug-likeness (QED) is 0.759. The van der Waals surface area contributed by atoms with Gasteiger partial charge in [-0.3, -0.25) is 0 Å². The first-order valence-electron chi connectivity index (χ1n) is 8.47. The van der Waals surface area contributed by atoms with E-state index in [0.717, 1.165) is 23.1 Å². The van der Waals surface area contributed by atoms with Crippen molar-refractivity contribution in [1.82, 2.24) is 0 Å². The van der Waals surface area contributed by atoms with Crippen molar-refractivity contribution in [1.29, 1.82) is 0 Å². The molecule has 0 aliphatic carbocycles. The monoisotopic (exact) mass is 342 g/mol. The van der Waals surface area contributed by atoms with Crippen molar-refractivity contribution in [3.05, 3.63) is 59.7 Å². The Labute approximate surface area is 149 Å². The van der Waals surface area contributed by atoms with Crippen molar-refractivity contribution in [3.8, 4) is 11.1 Å². The molecule has 1 N–H and O–H groups in total. The zero-order valence-corrected chi connectivity index (χ0v) is 15.3. The van der Waals surface area contributed by atoms with E-state index in [1.54, 1.807) is 12.1 Å². The van der Waals surface area contributed by atoms with Gasteiger partial charge >= 0.3 is 5.97 Å². The van der Waals surface area contributed by atoms with Crippen LogP contribution in [0.1, 0.15) is 49.2 Å². The van der Waals surface area contributed by atoms with Crippen molar-refractivity contribution in [2.75, 3.05) is 13.7 Å². The lowest BCUT2D eigenvalue weighted by Crippen LogP contribution is -2.25. The number of aliphatic hydroxyl groups excluding tert-OH is 1. The summed E-state index contributed by atoms with van der Waals surface area (Å²) in [7, 11) is 1.37. The van der Waals surface area contributed by atoms with Gasteiger partial charge in [0.25, 0.3) is 0 Å². The molecule has 0 saturated carbocycles. The molecule has 2 rings (SSSR count). The van der Waals surface area contributed by atoms with Gasteiger partial charge in [0.1, 0.15) is 6.10 Å². The summed E-state index contributed by atoms with van der Waals surface area (Å²) in [4.78, 5) is 11.5. The fraction of sp³-hybridized carbons (Fsp3) is 0.381. The van der Waals surface area contributed by atoms with Gasteiger partial charge < -0.3 is 14.6 Å². The molecule has 0 aliphatic rings. The molecular weight excluding hydrogens is 316 g/mol. The molecule has 25 heavy (non-hydrogen) atoms. The van der Waals surface area contributed by atoms with Crippen LogP contribution >= 0.6 is 0 Å².